The van der Waals surface area contributed by atoms with Gasteiger partial charge in [0.15, 0.2) is 0 Å². The van der Waals surface area contributed by atoms with E-state index in [0.717, 1.165) is 30.4 Å². The van der Waals surface area contributed by atoms with Crippen molar-refractivity contribution >= 4 is 0 Å². The average molecular weight is 550 g/mol. The summed E-state index contributed by atoms with van der Waals surface area (Å²) in [5.41, 5.74) is -1.76. The van der Waals surface area contributed by atoms with Gasteiger partial charge in [0.2, 0.25) is 0 Å². The van der Waals surface area contributed by atoms with Crippen LogP contribution in [0.5, 0.6) is 0 Å². The number of fused-ring (bicyclic) bond motifs is 2. The maximum atomic E-state index is 13.4. The first-order valence-corrected chi connectivity index (χ1v) is 12.9. The molecule has 2 heterocycles. The lowest BCUT2D eigenvalue weighted by Gasteiger charge is -2.50. The van der Waals surface area contributed by atoms with Gasteiger partial charge in [-0.1, -0.05) is 60.7 Å². The molecule has 2 aliphatic heterocycles. The predicted molar refractivity (Wildman–Crippen MR) is 134 cm³/mol. The van der Waals surface area contributed by atoms with Crippen molar-refractivity contribution in [1.82, 2.24) is 4.90 Å². The third-order valence-corrected chi connectivity index (χ3v) is 8.03. The van der Waals surface area contributed by atoms with Crippen LogP contribution in [0.15, 0.2) is 78.9 Å². The fourth-order valence-electron chi connectivity index (χ4n) is 6.21. The van der Waals surface area contributed by atoms with Gasteiger partial charge in [-0.05, 0) is 60.6 Å². The SMILES string of the molecule is OC(CO[C@@H]1CC[C@H]2CC[C@]1(c1ccccc1)N2Cc1ccccc1)c1cc(C(F)(F)F)cc(C(F)(F)F)c1. The van der Waals surface area contributed by atoms with E-state index in [1.54, 1.807) is 0 Å². The van der Waals surface area contributed by atoms with Crippen LogP contribution >= 0.6 is 0 Å². The molecule has 3 aromatic carbocycles. The Morgan fingerprint density at radius 3 is 2.00 bits per heavy atom. The first-order chi connectivity index (χ1) is 18.5. The minimum Gasteiger partial charge on any atom is -0.386 e. The summed E-state index contributed by atoms with van der Waals surface area (Å²) in [6, 6.07) is 21.4. The lowest BCUT2D eigenvalue weighted by Crippen LogP contribution is -2.56. The van der Waals surface area contributed by atoms with Gasteiger partial charge in [-0.15, -0.1) is 0 Å². The van der Waals surface area contributed by atoms with E-state index in [0.29, 0.717) is 31.1 Å². The van der Waals surface area contributed by atoms with Gasteiger partial charge in [-0.25, -0.2) is 0 Å². The molecule has 1 unspecified atom stereocenters. The highest BCUT2D eigenvalue weighted by Gasteiger charge is 2.55. The Morgan fingerprint density at radius 2 is 1.41 bits per heavy atom. The molecule has 1 N–H and O–H groups in total. The highest BCUT2D eigenvalue weighted by Crippen LogP contribution is 2.52. The molecule has 39 heavy (non-hydrogen) atoms. The lowest BCUT2D eigenvalue weighted by molar-refractivity contribution is -0.143. The Kier molecular flexibility index (Phi) is 7.52. The molecule has 208 valence electrons. The molecule has 2 saturated heterocycles. The molecule has 5 rings (SSSR count). The van der Waals surface area contributed by atoms with Crippen molar-refractivity contribution in [3.05, 3.63) is 107 Å². The average Bonchev–Trinajstić information content (AvgIpc) is 3.15. The van der Waals surface area contributed by atoms with Gasteiger partial charge in [0, 0.05) is 12.6 Å². The van der Waals surface area contributed by atoms with Crippen LogP contribution in [0.1, 0.15) is 59.6 Å². The zero-order valence-electron chi connectivity index (χ0n) is 21.1. The number of piperidine rings is 1. The zero-order chi connectivity index (χ0) is 27.8. The van der Waals surface area contributed by atoms with Gasteiger partial charge in [-0.2, -0.15) is 26.3 Å². The fourth-order valence-corrected chi connectivity index (χ4v) is 6.21. The minimum atomic E-state index is -4.99. The molecule has 0 spiro atoms. The van der Waals surface area contributed by atoms with Crippen LogP contribution < -0.4 is 0 Å². The number of aliphatic hydroxyl groups excluding tert-OH is 1. The normalized spacial score (nSPS) is 24.6. The molecule has 4 atom stereocenters. The van der Waals surface area contributed by atoms with E-state index in [1.165, 1.54) is 0 Å². The van der Waals surface area contributed by atoms with E-state index >= 15 is 0 Å². The number of hydrogen-bond acceptors (Lipinski definition) is 3. The summed E-state index contributed by atoms with van der Waals surface area (Å²) >= 11 is 0. The van der Waals surface area contributed by atoms with Crippen LogP contribution in [0.3, 0.4) is 0 Å². The molecule has 0 radical (unpaired) electrons. The molecule has 0 amide bonds. The van der Waals surface area contributed by atoms with Crippen LogP contribution in [0, 0.1) is 0 Å². The molecular formula is C30H29F6NO2. The van der Waals surface area contributed by atoms with Gasteiger partial charge in [0.05, 0.1) is 29.4 Å². The second kappa shape index (κ2) is 10.6. The summed E-state index contributed by atoms with van der Waals surface area (Å²) < 4.78 is 86.4. The van der Waals surface area contributed by atoms with E-state index in [9.17, 15) is 31.4 Å². The smallest absolute Gasteiger partial charge is 0.386 e. The Hall–Kier alpha value is -2.88. The minimum absolute atomic E-state index is 0.0583. The lowest BCUT2D eigenvalue weighted by atomic mass is 9.78. The number of hydrogen-bond donors (Lipinski definition) is 1. The Bertz CT molecular complexity index is 1230. The molecule has 0 aromatic heterocycles. The highest BCUT2D eigenvalue weighted by atomic mass is 19.4. The summed E-state index contributed by atoms with van der Waals surface area (Å²) in [6.07, 6.45) is -8.84. The third kappa shape index (κ3) is 5.58. The molecule has 0 aliphatic carbocycles. The van der Waals surface area contributed by atoms with Crippen molar-refractivity contribution in [3.8, 4) is 0 Å². The van der Waals surface area contributed by atoms with Crippen molar-refractivity contribution in [1.29, 1.82) is 0 Å². The summed E-state index contributed by atoms with van der Waals surface area (Å²) in [4.78, 5) is 2.42. The van der Waals surface area contributed by atoms with Crippen molar-refractivity contribution < 1.29 is 36.2 Å². The molecule has 2 fully saturated rings. The number of halogens is 6. The summed E-state index contributed by atoms with van der Waals surface area (Å²) in [6.45, 7) is 0.243. The highest BCUT2D eigenvalue weighted by molar-refractivity contribution is 5.35. The molecule has 2 bridgehead atoms. The van der Waals surface area contributed by atoms with Crippen LogP contribution in [0.25, 0.3) is 0 Å². The summed E-state index contributed by atoms with van der Waals surface area (Å²) in [5, 5.41) is 10.8. The van der Waals surface area contributed by atoms with E-state index in [2.05, 4.69) is 17.0 Å². The van der Waals surface area contributed by atoms with Gasteiger partial charge in [0.1, 0.15) is 6.10 Å². The first-order valence-electron chi connectivity index (χ1n) is 12.9. The number of nitrogens with zero attached hydrogens (tertiary/aromatic N) is 1. The fraction of sp³-hybridized carbons (Fsp3) is 0.400. The molecule has 3 nitrogen and oxygen atoms in total. The first kappa shape index (κ1) is 27.7. The van der Waals surface area contributed by atoms with Crippen LogP contribution in [0.4, 0.5) is 26.3 Å². The van der Waals surface area contributed by atoms with Crippen molar-refractivity contribution in [2.24, 2.45) is 0 Å². The molecule has 2 aliphatic rings. The largest absolute Gasteiger partial charge is 0.416 e. The molecular weight excluding hydrogens is 520 g/mol. The van der Waals surface area contributed by atoms with E-state index in [4.69, 9.17) is 4.74 Å². The third-order valence-electron chi connectivity index (χ3n) is 8.03. The number of benzene rings is 3. The van der Waals surface area contributed by atoms with Crippen molar-refractivity contribution in [3.63, 3.8) is 0 Å². The van der Waals surface area contributed by atoms with Gasteiger partial charge in [0.25, 0.3) is 0 Å². The van der Waals surface area contributed by atoms with Gasteiger partial charge < -0.3 is 9.84 Å². The second-order valence-electron chi connectivity index (χ2n) is 10.4. The van der Waals surface area contributed by atoms with Crippen molar-refractivity contribution in [2.75, 3.05) is 6.61 Å². The maximum Gasteiger partial charge on any atom is 0.416 e. The van der Waals surface area contributed by atoms with Gasteiger partial charge >= 0.3 is 12.4 Å². The standard InChI is InChI=1S/C30H29F6NO2/c31-29(32,33)23-15-21(16-24(17-23)30(34,35)36)26(38)19-39-27-12-11-25-13-14-28(27,22-9-5-2-6-10-22)37(25)18-20-7-3-1-4-8-20/h1-10,15-17,25-27,38H,11-14,18-19H2/t25-,26?,27+,28+/m0/s1. The monoisotopic (exact) mass is 549 g/mol. The van der Waals surface area contributed by atoms with E-state index < -0.39 is 53.4 Å². The van der Waals surface area contributed by atoms with E-state index in [1.807, 2.05) is 48.5 Å². The number of aliphatic hydroxyl groups is 1. The molecule has 0 saturated carbocycles. The number of ether oxygens (including phenoxy) is 1. The predicted octanol–water partition coefficient (Wildman–Crippen LogP) is 7.50. The van der Waals surface area contributed by atoms with Crippen LogP contribution in [0.2, 0.25) is 0 Å². The van der Waals surface area contributed by atoms with Gasteiger partial charge in [-0.3, -0.25) is 4.90 Å². The van der Waals surface area contributed by atoms with Crippen LogP contribution in [-0.2, 0) is 29.2 Å². The molecule has 3 aromatic rings. The van der Waals surface area contributed by atoms with E-state index in [-0.39, 0.29) is 6.07 Å². The number of alkyl halides is 6. The zero-order valence-corrected chi connectivity index (χ0v) is 21.1. The summed E-state index contributed by atoms with van der Waals surface area (Å²) in [7, 11) is 0. The summed E-state index contributed by atoms with van der Waals surface area (Å²) in [5.74, 6) is 0. The maximum absolute atomic E-state index is 13.4. The number of rotatable bonds is 7. The Morgan fingerprint density at radius 1 is 0.821 bits per heavy atom. The second-order valence-corrected chi connectivity index (χ2v) is 10.4. The van der Waals surface area contributed by atoms with Crippen molar-refractivity contribution in [2.45, 2.75) is 68.4 Å². The Labute approximate surface area is 223 Å². The Balaban J connectivity index is 1.44. The topological polar surface area (TPSA) is 32.7 Å². The van der Waals surface area contributed by atoms with Crippen LogP contribution in [-0.4, -0.2) is 28.8 Å². The molecule has 9 heteroatoms. The quantitative estimate of drug-likeness (QED) is 0.310.